The first-order chi connectivity index (χ1) is 17.7. The van der Waals surface area contributed by atoms with Gasteiger partial charge in [0.25, 0.3) is 0 Å². The first-order valence-corrected chi connectivity index (χ1v) is 13.4. The van der Waals surface area contributed by atoms with Gasteiger partial charge in [0.05, 0.1) is 29.1 Å². The Balaban J connectivity index is 2.72. The largest absolute Gasteiger partial charge is 0.478 e. The fourth-order valence-electron chi connectivity index (χ4n) is 2.93. The van der Waals surface area contributed by atoms with Crippen LogP contribution in [0.5, 0.6) is 0 Å². The number of hydrogen-bond donors (Lipinski definition) is 1. The van der Waals surface area contributed by atoms with Gasteiger partial charge >= 0.3 is 29.8 Å². The summed E-state index contributed by atoms with van der Waals surface area (Å²) in [5, 5.41) is 9.35. The Hall–Kier alpha value is -3.08. The van der Waals surface area contributed by atoms with Gasteiger partial charge in [-0.3, -0.25) is 14.4 Å². The summed E-state index contributed by atoms with van der Waals surface area (Å²) in [6.07, 6.45) is -0.0279. The lowest BCUT2D eigenvalue weighted by atomic mass is 9.91. The van der Waals surface area contributed by atoms with Crippen LogP contribution in [0.1, 0.15) is 74.6 Å². The van der Waals surface area contributed by atoms with Gasteiger partial charge in [0.2, 0.25) is 0 Å². The number of carboxylic acid groups (broad SMARTS) is 1. The summed E-state index contributed by atoms with van der Waals surface area (Å²) < 4.78 is 20.7. The molecule has 0 aliphatic heterocycles. The Morgan fingerprint density at radius 2 is 1.53 bits per heavy atom. The van der Waals surface area contributed by atoms with E-state index in [0.717, 1.165) is 0 Å². The molecule has 0 saturated heterocycles. The maximum atomic E-state index is 12.7. The molecule has 0 saturated carbocycles. The van der Waals surface area contributed by atoms with E-state index in [9.17, 15) is 29.1 Å². The third-order valence-corrected chi connectivity index (χ3v) is 7.29. The average molecular weight is 555 g/mol. The van der Waals surface area contributed by atoms with Crippen LogP contribution in [0.4, 0.5) is 0 Å². The molecule has 0 bridgehead atoms. The number of benzene rings is 1. The second-order valence-corrected chi connectivity index (χ2v) is 11.0. The number of carbonyl (C=O) groups is 5. The van der Waals surface area contributed by atoms with Crippen molar-refractivity contribution in [2.75, 3.05) is 31.8 Å². The van der Waals surface area contributed by atoms with Crippen molar-refractivity contribution in [3.05, 3.63) is 35.4 Å². The van der Waals surface area contributed by atoms with Gasteiger partial charge in [0.15, 0.2) is 6.10 Å². The molecule has 1 atom stereocenters. The Kier molecular flexibility index (Phi) is 13.3. The summed E-state index contributed by atoms with van der Waals surface area (Å²) >= 11 is 1.51. The van der Waals surface area contributed by atoms with Gasteiger partial charge < -0.3 is 24.1 Å². The van der Waals surface area contributed by atoms with E-state index in [2.05, 4.69) is 0 Å². The highest BCUT2D eigenvalue weighted by Crippen LogP contribution is 2.24. The molecular formula is C27H38O10S. The Morgan fingerprint density at radius 1 is 0.921 bits per heavy atom. The van der Waals surface area contributed by atoms with Gasteiger partial charge in [0.1, 0.15) is 13.2 Å². The van der Waals surface area contributed by atoms with E-state index in [0.29, 0.717) is 24.3 Å². The molecule has 0 heterocycles. The van der Waals surface area contributed by atoms with Crippen LogP contribution in [-0.4, -0.2) is 72.9 Å². The Labute approximate surface area is 227 Å². The van der Waals surface area contributed by atoms with Crippen LogP contribution in [0.15, 0.2) is 24.3 Å². The van der Waals surface area contributed by atoms with E-state index in [1.807, 2.05) is 6.92 Å². The standard InChI is InChI=1S/C27H38O10S/c1-7-26(2,3)25(33)36-16-18(37-23(31)20-12-9-8-11-19(20)22(29)30)15-35-21(28)13-10-14-38-17-27(4,5)24(32)34-6/h8-9,11-12,18H,7,10,13-17H2,1-6H3,(H,29,30). The van der Waals surface area contributed by atoms with Crippen LogP contribution in [0, 0.1) is 10.8 Å². The van der Waals surface area contributed by atoms with Crippen molar-refractivity contribution in [1.29, 1.82) is 0 Å². The van der Waals surface area contributed by atoms with Crippen molar-refractivity contribution in [1.82, 2.24) is 0 Å². The van der Waals surface area contributed by atoms with E-state index in [4.69, 9.17) is 18.9 Å². The van der Waals surface area contributed by atoms with Gasteiger partial charge in [-0.05, 0) is 58.4 Å². The van der Waals surface area contributed by atoms with E-state index in [1.165, 1.54) is 43.1 Å². The highest BCUT2D eigenvalue weighted by Gasteiger charge is 2.30. The predicted octanol–water partition coefficient (Wildman–Crippen LogP) is 4.15. The maximum Gasteiger partial charge on any atom is 0.339 e. The molecule has 0 radical (unpaired) electrons. The van der Waals surface area contributed by atoms with Crippen molar-refractivity contribution in [2.45, 2.75) is 60.0 Å². The van der Waals surface area contributed by atoms with Crippen LogP contribution in [0.25, 0.3) is 0 Å². The van der Waals surface area contributed by atoms with Crippen molar-refractivity contribution in [2.24, 2.45) is 10.8 Å². The van der Waals surface area contributed by atoms with E-state index in [1.54, 1.807) is 27.7 Å². The van der Waals surface area contributed by atoms with Crippen LogP contribution < -0.4 is 0 Å². The second-order valence-electron chi connectivity index (χ2n) is 9.93. The zero-order valence-corrected chi connectivity index (χ0v) is 23.7. The molecule has 0 aliphatic carbocycles. The number of esters is 4. The molecular weight excluding hydrogens is 516 g/mol. The molecule has 0 spiro atoms. The van der Waals surface area contributed by atoms with Crippen molar-refractivity contribution >= 4 is 41.6 Å². The third kappa shape index (κ3) is 10.7. The summed E-state index contributed by atoms with van der Waals surface area (Å²) in [7, 11) is 1.34. The third-order valence-electron chi connectivity index (χ3n) is 5.79. The number of methoxy groups -OCH3 is 1. The van der Waals surface area contributed by atoms with E-state index in [-0.39, 0.29) is 36.7 Å². The fourth-order valence-corrected chi connectivity index (χ4v) is 4.05. The number of rotatable bonds is 16. The molecule has 38 heavy (non-hydrogen) atoms. The molecule has 11 heteroatoms. The van der Waals surface area contributed by atoms with Gasteiger partial charge in [0, 0.05) is 12.2 Å². The fraction of sp³-hybridized carbons (Fsp3) is 0.593. The van der Waals surface area contributed by atoms with E-state index >= 15 is 0 Å². The maximum absolute atomic E-state index is 12.7. The molecule has 1 unspecified atom stereocenters. The minimum absolute atomic E-state index is 0.0941. The van der Waals surface area contributed by atoms with Gasteiger partial charge in [-0.15, -0.1) is 0 Å². The summed E-state index contributed by atoms with van der Waals surface area (Å²) in [5.41, 5.74) is -1.82. The predicted molar refractivity (Wildman–Crippen MR) is 141 cm³/mol. The highest BCUT2D eigenvalue weighted by atomic mass is 32.2. The van der Waals surface area contributed by atoms with Crippen molar-refractivity contribution in [3.63, 3.8) is 0 Å². The number of carbonyl (C=O) groups excluding carboxylic acids is 4. The molecule has 1 aromatic carbocycles. The number of ether oxygens (including phenoxy) is 4. The summed E-state index contributed by atoms with van der Waals surface area (Å²) in [5.74, 6) is -2.45. The second kappa shape index (κ2) is 15.4. The first kappa shape index (κ1) is 32.9. The van der Waals surface area contributed by atoms with Crippen LogP contribution >= 0.6 is 11.8 Å². The van der Waals surface area contributed by atoms with Crippen molar-refractivity contribution < 1.29 is 48.0 Å². The molecule has 0 aliphatic rings. The number of hydrogen-bond acceptors (Lipinski definition) is 10. The summed E-state index contributed by atoms with van der Waals surface area (Å²) in [6, 6.07) is 5.54. The molecule has 0 aromatic heterocycles. The van der Waals surface area contributed by atoms with Gasteiger partial charge in [-0.1, -0.05) is 19.1 Å². The highest BCUT2D eigenvalue weighted by molar-refractivity contribution is 7.99. The molecule has 1 N–H and O–H groups in total. The summed E-state index contributed by atoms with van der Waals surface area (Å²) in [4.78, 5) is 60.6. The minimum Gasteiger partial charge on any atom is -0.478 e. The number of thioether (sulfide) groups is 1. The van der Waals surface area contributed by atoms with Gasteiger partial charge in [-0.25, -0.2) is 9.59 Å². The topological polar surface area (TPSA) is 142 Å². The minimum atomic E-state index is -1.30. The van der Waals surface area contributed by atoms with Crippen LogP contribution in [-0.2, 0) is 33.3 Å². The number of aromatic carboxylic acids is 1. The zero-order valence-electron chi connectivity index (χ0n) is 22.9. The van der Waals surface area contributed by atoms with Crippen LogP contribution in [0.2, 0.25) is 0 Å². The molecule has 1 aromatic rings. The average Bonchev–Trinajstić information content (AvgIpc) is 2.88. The summed E-state index contributed by atoms with van der Waals surface area (Å²) in [6.45, 7) is 8.08. The van der Waals surface area contributed by atoms with Crippen LogP contribution in [0.3, 0.4) is 0 Å². The SMILES string of the molecule is CCC(C)(C)C(=O)OCC(COC(=O)CCCSCC(C)(C)C(=O)OC)OC(=O)c1ccccc1C(=O)O. The normalized spacial score (nSPS) is 12.3. The lowest BCUT2D eigenvalue weighted by Gasteiger charge is -2.23. The van der Waals surface area contributed by atoms with E-state index < -0.39 is 40.8 Å². The Bertz CT molecular complexity index is 986. The quantitative estimate of drug-likeness (QED) is 0.179. The smallest absolute Gasteiger partial charge is 0.339 e. The van der Waals surface area contributed by atoms with Gasteiger partial charge in [-0.2, -0.15) is 11.8 Å². The molecule has 0 amide bonds. The molecule has 10 nitrogen and oxygen atoms in total. The lowest BCUT2D eigenvalue weighted by Crippen LogP contribution is -2.34. The molecule has 212 valence electrons. The monoisotopic (exact) mass is 554 g/mol. The van der Waals surface area contributed by atoms with Crippen molar-refractivity contribution in [3.8, 4) is 0 Å². The molecule has 0 fully saturated rings. The molecule has 1 rings (SSSR count). The first-order valence-electron chi connectivity index (χ1n) is 12.3. The Morgan fingerprint density at radius 3 is 2.11 bits per heavy atom. The number of carboxylic acids is 1. The zero-order chi connectivity index (χ0) is 28.9. The lowest BCUT2D eigenvalue weighted by molar-refractivity contribution is -0.160.